The molecule has 1 heterocycles. The number of ketones is 2. The van der Waals surface area contributed by atoms with Crippen LogP contribution in [0.5, 0.6) is 0 Å². The van der Waals surface area contributed by atoms with Gasteiger partial charge in [-0.2, -0.15) is 0 Å². The highest BCUT2D eigenvalue weighted by Crippen LogP contribution is 2.46. The Morgan fingerprint density at radius 1 is 1.09 bits per heavy atom. The van der Waals surface area contributed by atoms with Gasteiger partial charge in [0.2, 0.25) is 0 Å². The maximum absolute atomic E-state index is 13.7. The fourth-order valence-corrected chi connectivity index (χ4v) is 4.76. The number of benzene rings is 2. The first kappa shape index (κ1) is 22.7. The normalized spacial score (nSPS) is 17.0. The molecule has 2 aromatic carbocycles. The SMILES string of the molecule is CC(=O)CNC(=O)C1=C(O)c2cc(Cl)ccc2C2(CCN(C(=O)c3ccccc3)CC2)C1=O. The minimum absolute atomic E-state index is 0.122. The zero-order valence-corrected chi connectivity index (χ0v) is 18.8. The standard InChI is InChI=1S/C25H23ClN2O5/c1-15(29)14-27-23(32)20-21(30)18-13-17(26)7-8-19(18)25(22(20)31)9-11-28(12-10-25)24(33)16-5-3-2-4-6-16/h2-8,13,30H,9-12,14H2,1H3,(H,27,32). The summed E-state index contributed by atoms with van der Waals surface area (Å²) in [6, 6.07) is 13.8. The van der Waals surface area contributed by atoms with Gasteiger partial charge in [0.15, 0.2) is 5.78 Å². The van der Waals surface area contributed by atoms with Crippen LogP contribution in [0.1, 0.15) is 41.3 Å². The van der Waals surface area contributed by atoms with Crippen LogP contribution >= 0.6 is 11.6 Å². The maximum atomic E-state index is 13.7. The summed E-state index contributed by atoms with van der Waals surface area (Å²) >= 11 is 6.15. The number of carbonyl (C=O) groups excluding carboxylic acids is 4. The zero-order valence-electron chi connectivity index (χ0n) is 18.1. The lowest BCUT2D eigenvalue weighted by Gasteiger charge is -2.44. The third-order valence-corrected chi connectivity index (χ3v) is 6.54. The molecule has 0 aromatic heterocycles. The van der Waals surface area contributed by atoms with Crippen LogP contribution in [0, 0.1) is 0 Å². The Morgan fingerprint density at radius 3 is 2.39 bits per heavy atom. The molecule has 170 valence electrons. The predicted octanol–water partition coefficient (Wildman–Crippen LogP) is 3.07. The number of nitrogens with one attached hydrogen (secondary N) is 1. The number of Topliss-reactive ketones (excluding diaryl/α,β-unsaturated/α-hetero) is 2. The summed E-state index contributed by atoms with van der Waals surface area (Å²) in [5, 5.41) is 13.6. The molecule has 0 radical (unpaired) electrons. The molecule has 2 N–H and O–H groups in total. The largest absolute Gasteiger partial charge is 0.506 e. The fourth-order valence-electron chi connectivity index (χ4n) is 4.59. The Hall–Kier alpha value is -3.45. The van der Waals surface area contributed by atoms with Gasteiger partial charge in [-0.25, -0.2) is 0 Å². The second-order valence-corrected chi connectivity index (χ2v) is 8.80. The van der Waals surface area contributed by atoms with E-state index in [2.05, 4.69) is 5.32 Å². The first-order valence-electron chi connectivity index (χ1n) is 10.6. The smallest absolute Gasteiger partial charge is 0.259 e. The summed E-state index contributed by atoms with van der Waals surface area (Å²) in [6.07, 6.45) is 0.575. The third kappa shape index (κ3) is 4.04. The Bertz CT molecular complexity index is 1180. The summed E-state index contributed by atoms with van der Waals surface area (Å²) in [7, 11) is 0. The van der Waals surface area contributed by atoms with E-state index < -0.39 is 22.9 Å². The summed E-state index contributed by atoms with van der Waals surface area (Å²) in [5.74, 6) is -2.17. The topological polar surface area (TPSA) is 104 Å². The van der Waals surface area contributed by atoms with Gasteiger partial charge in [-0.1, -0.05) is 35.9 Å². The number of hydrogen-bond acceptors (Lipinski definition) is 5. The van der Waals surface area contributed by atoms with Crippen LogP contribution in [-0.4, -0.2) is 53.0 Å². The molecule has 7 nitrogen and oxygen atoms in total. The first-order valence-corrected chi connectivity index (χ1v) is 11.0. The lowest BCUT2D eigenvalue weighted by Crippen LogP contribution is -2.52. The second kappa shape index (κ2) is 8.83. The van der Waals surface area contributed by atoms with E-state index in [1.54, 1.807) is 41.3 Å². The molecule has 0 atom stereocenters. The van der Waals surface area contributed by atoms with Crippen molar-refractivity contribution >= 4 is 40.7 Å². The fraction of sp³-hybridized carbons (Fsp3) is 0.280. The van der Waals surface area contributed by atoms with E-state index in [0.29, 0.717) is 34.8 Å². The first-order chi connectivity index (χ1) is 15.7. The van der Waals surface area contributed by atoms with Gasteiger partial charge in [0, 0.05) is 29.2 Å². The molecule has 2 aromatic rings. The van der Waals surface area contributed by atoms with E-state index in [1.807, 2.05) is 6.07 Å². The highest BCUT2D eigenvalue weighted by molar-refractivity contribution is 6.32. The zero-order chi connectivity index (χ0) is 23.8. The average Bonchev–Trinajstić information content (AvgIpc) is 2.82. The Kier molecular flexibility index (Phi) is 6.08. The molecule has 1 spiro atoms. The van der Waals surface area contributed by atoms with E-state index in [1.165, 1.54) is 13.0 Å². The number of piperidine rings is 1. The highest BCUT2D eigenvalue weighted by Gasteiger charge is 2.51. The summed E-state index contributed by atoms with van der Waals surface area (Å²) in [6.45, 7) is 1.68. The molecular formula is C25H23ClN2O5. The Labute approximate surface area is 196 Å². The van der Waals surface area contributed by atoms with Gasteiger partial charge in [0.1, 0.15) is 17.1 Å². The van der Waals surface area contributed by atoms with E-state index in [0.717, 1.165) is 0 Å². The van der Waals surface area contributed by atoms with Gasteiger partial charge in [0.05, 0.1) is 12.0 Å². The molecule has 4 rings (SSSR count). The number of rotatable bonds is 4. The molecular weight excluding hydrogens is 444 g/mol. The minimum atomic E-state index is -1.08. The van der Waals surface area contributed by atoms with Gasteiger partial charge >= 0.3 is 0 Å². The molecule has 2 amide bonds. The monoisotopic (exact) mass is 466 g/mol. The van der Waals surface area contributed by atoms with Crippen LogP contribution in [0.15, 0.2) is 54.1 Å². The molecule has 0 bridgehead atoms. The van der Waals surface area contributed by atoms with Gasteiger partial charge in [-0.3, -0.25) is 19.2 Å². The van der Waals surface area contributed by atoms with Crippen molar-refractivity contribution in [3.05, 3.63) is 75.8 Å². The van der Waals surface area contributed by atoms with Crippen LogP contribution in [0.25, 0.3) is 5.76 Å². The van der Waals surface area contributed by atoms with Crippen molar-refractivity contribution in [1.29, 1.82) is 0 Å². The Balaban J connectivity index is 1.69. The quantitative estimate of drug-likeness (QED) is 0.674. The summed E-state index contributed by atoms with van der Waals surface area (Å²) in [4.78, 5) is 52.4. The molecule has 1 aliphatic heterocycles. The minimum Gasteiger partial charge on any atom is -0.506 e. The molecule has 1 fully saturated rings. The number of hydrogen-bond donors (Lipinski definition) is 2. The van der Waals surface area contributed by atoms with Crippen LogP contribution in [0.4, 0.5) is 0 Å². The van der Waals surface area contributed by atoms with E-state index in [9.17, 15) is 24.3 Å². The van der Waals surface area contributed by atoms with E-state index >= 15 is 0 Å². The van der Waals surface area contributed by atoms with Crippen molar-refractivity contribution in [2.24, 2.45) is 0 Å². The number of fused-ring (bicyclic) bond motifs is 2. The van der Waals surface area contributed by atoms with Crippen molar-refractivity contribution in [2.45, 2.75) is 25.2 Å². The van der Waals surface area contributed by atoms with E-state index in [4.69, 9.17) is 11.6 Å². The molecule has 0 saturated carbocycles. The maximum Gasteiger partial charge on any atom is 0.259 e. The van der Waals surface area contributed by atoms with E-state index in [-0.39, 0.29) is 36.6 Å². The lowest BCUT2D eigenvalue weighted by molar-refractivity contribution is -0.128. The highest BCUT2D eigenvalue weighted by atomic mass is 35.5. The Morgan fingerprint density at radius 2 is 1.76 bits per heavy atom. The number of amides is 2. The second-order valence-electron chi connectivity index (χ2n) is 8.37. The molecule has 0 unspecified atom stereocenters. The summed E-state index contributed by atoms with van der Waals surface area (Å²) < 4.78 is 0. The van der Waals surface area contributed by atoms with Crippen molar-refractivity contribution in [3.8, 4) is 0 Å². The van der Waals surface area contributed by atoms with Crippen molar-refractivity contribution < 1.29 is 24.3 Å². The van der Waals surface area contributed by atoms with Crippen LogP contribution in [-0.2, 0) is 19.8 Å². The number of aliphatic hydroxyl groups is 1. The van der Waals surface area contributed by atoms with Gasteiger partial charge < -0.3 is 15.3 Å². The number of halogens is 1. The lowest BCUT2D eigenvalue weighted by atomic mass is 9.63. The number of likely N-dealkylation sites (tertiary alicyclic amines) is 1. The average molecular weight is 467 g/mol. The van der Waals surface area contributed by atoms with Crippen LogP contribution < -0.4 is 5.32 Å². The van der Waals surface area contributed by atoms with Gasteiger partial charge in [-0.05, 0) is 49.6 Å². The van der Waals surface area contributed by atoms with Crippen molar-refractivity contribution in [3.63, 3.8) is 0 Å². The van der Waals surface area contributed by atoms with Gasteiger partial charge in [-0.15, -0.1) is 0 Å². The van der Waals surface area contributed by atoms with Gasteiger partial charge in [0.25, 0.3) is 11.8 Å². The predicted molar refractivity (Wildman–Crippen MR) is 123 cm³/mol. The molecule has 1 aliphatic carbocycles. The molecule has 8 heteroatoms. The molecule has 1 saturated heterocycles. The molecule has 2 aliphatic rings. The molecule has 33 heavy (non-hydrogen) atoms. The number of carbonyl (C=O) groups is 4. The summed E-state index contributed by atoms with van der Waals surface area (Å²) in [5.41, 5.74) is 0.0104. The van der Waals surface area contributed by atoms with Crippen molar-refractivity contribution in [2.75, 3.05) is 19.6 Å². The third-order valence-electron chi connectivity index (χ3n) is 6.30. The number of nitrogens with zero attached hydrogens (tertiary/aromatic N) is 1. The van der Waals surface area contributed by atoms with Crippen LogP contribution in [0.2, 0.25) is 5.02 Å². The number of aliphatic hydroxyl groups excluding tert-OH is 1. The van der Waals surface area contributed by atoms with Crippen LogP contribution in [0.3, 0.4) is 0 Å². The van der Waals surface area contributed by atoms with Crippen molar-refractivity contribution in [1.82, 2.24) is 10.2 Å².